The van der Waals surface area contributed by atoms with Crippen molar-refractivity contribution in [2.45, 2.75) is 18.3 Å². The smallest absolute Gasteiger partial charge is 0.251 e. The first-order chi connectivity index (χ1) is 10.5. The molecule has 0 saturated heterocycles. The number of rotatable bonds is 4. The van der Waals surface area contributed by atoms with E-state index in [2.05, 4.69) is 5.32 Å². The summed E-state index contributed by atoms with van der Waals surface area (Å²) in [5.74, 6) is -0.870. The molecule has 0 aliphatic heterocycles. The average molecular weight is 319 g/mol. The van der Waals surface area contributed by atoms with E-state index >= 15 is 0 Å². The van der Waals surface area contributed by atoms with Crippen molar-refractivity contribution in [3.63, 3.8) is 0 Å². The normalized spacial score (nSPS) is 15.4. The molecule has 0 heterocycles. The molecule has 3 N–H and O–H groups in total. The zero-order valence-corrected chi connectivity index (χ0v) is 12.7. The minimum atomic E-state index is -0.577. The lowest BCUT2D eigenvalue weighted by molar-refractivity contribution is 0.0949. The number of nitrogens with two attached hydrogens (primary N) is 1. The van der Waals surface area contributed by atoms with Gasteiger partial charge in [0.2, 0.25) is 0 Å². The third-order valence-corrected chi connectivity index (χ3v) is 4.41. The molecule has 1 aliphatic carbocycles. The van der Waals surface area contributed by atoms with Gasteiger partial charge in [-0.3, -0.25) is 4.79 Å². The van der Waals surface area contributed by atoms with Crippen LogP contribution in [0.15, 0.2) is 42.5 Å². The maximum atomic E-state index is 13.4. The second-order valence-corrected chi connectivity index (χ2v) is 6.14. The summed E-state index contributed by atoms with van der Waals surface area (Å²) >= 11 is 5.90. The first kappa shape index (κ1) is 14.9. The summed E-state index contributed by atoms with van der Waals surface area (Å²) in [6, 6.07) is 11.8. The molecule has 22 heavy (non-hydrogen) atoms. The van der Waals surface area contributed by atoms with Gasteiger partial charge < -0.3 is 11.1 Å². The van der Waals surface area contributed by atoms with Crippen LogP contribution < -0.4 is 11.1 Å². The molecule has 0 aromatic heterocycles. The molecule has 0 bridgehead atoms. The van der Waals surface area contributed by atoms with Crippen LogP contribution in [0.3, 0.4) is 0 Å². The summed E-state index contributed by atoms with van der Waals surface area (Å²) in [6.07, 6.45) is 2.04. The number of carbonyl (C=O) groups excluding carboxylic acids is 1. The van der Waals surface area contributed by atoms with Gasteiger partial charge in [-0.1, -0.05) is 23.7 Å². The molecule has 5 heteroatoms. The van der Waals surface area contributed by atoms with Crippen LogP contribution >= 0.6 is 11.6 Å². The van der Waals surface area contributed by atoms with Crippen molar-refractivity contribution in [2.24, 2.45) is 0 Å². The van der Waals surface area contributed by atoms with Gasteiger partial charge in [-0.2, -0.15) is 0 Å². The number of hydrogen-bond donors (Lipinski definition) is 2. The Labute approximate surface area is 133 Å². The predicted octanol–water partition coefficient (Wildman–Crippen LogP) is 3.52. The second-order valence-electron chi connectivity index (χ2n) is 5.71. The molecule has 1 aliphatic rings. The highest BCUT2D eigenvalue weighted by Gasteiger charge is 2.44. The van der Waals surface area contributed by atoms with E-state index in [1.165, 1.54) is 17.7 Å². The number of hydrogen-bond acceptors (Lipinski definition) is 2. The predicted molar refractivity (Wildman–Crippen MR) is 85.5 cm³/mol. The van der Waals surface area contributed by atoms with Crippen molar-refractivity contribution < 1.29 is 9.18 Å². The Morgan fingerprint density at radius 1 is 1.23 bits per heavy atom. The van der Waals surface area contributed by atoms with Crippen LogP contribution in [0.25, 0.3) is 0 Å². The van der Waals surface area contributed by atoms with Gasteiger partial charge in [0, 0.05) is 22.5 Å². The molecule has 114 valence electrons. The monoisotopic (exact) mass is 318 g/mol. The highest BCUT2D eigenvalue weighted by molar-refractivity contribution is 6.30. The molecule has 0 unspecified atom stereocenters. The van der Waals surface area contributed by atoms with Gasteiger partial charge in [0.25, 0.3) is 5.91 Å². The fraction of sp³-hybridized carbons (Fsp3) is 0.235. The van der Waals surface area contributed by atoms with Gasteiger partial charge in [0.15, 0.2) is 0 Å². The van der Waals surface area contributed by atoms with Crippen molar-refractivity contribution in [1.82, 2.24) is 5.32 Å². The fourth-order valence-corrected chi connectivity index (χ4v) is 2.67. The van der Waals surface area contributed by atoms with Crippen molar-refractivity contribution in [2.75, 3.05) is 12.3 Å². The number of nitrogens with one attached hydrogen (secondary N) is 1. The quantitative estimate of drug-likeness (QED) is 0.847. The maximum Gasteiger partial charge on any atom is 0.251 e. The molecule has 1 saturated carbocycles. The van der Waals surface area contributed by atoms with Crippen molar-refractivity contribution in [3.8, 4) is 0 Å². The van der Waals surface area contributed by atoms with E-state index in [-0.39, 0.29) is 22.6 Å². The summed E-state index contributed by atoms with van der Waals surface area (Å²) in [5.41, 5.74) is 6.87. The van der Waals surface area contributed by atoms with Gasteiger partial charge in [0.05, 0.1) is 5.69 Å². The molecule has 3 rings (SSSR count). The minimum absolute atomic E-state index is 0.0212. The Morgan fingerprint density at radius 3 is 2.50 bits per heavy atom. The maximum absolute atomic E-state index is 13.4. The van der Waals surface area contributed by atoms with Crippen LogP contribution in [0.4, 0.5) is 10.1 Å². The van der Waals surface area contributed by atoms with Gasteiger partial charge >= 0.3 is 0 Å². The zero-order valence-electron chi connectivity index (χ0n) is 11.9. The summed E-state index contributed by atoms with van der Waals surface area (Å²) < 4.78 is 13.4. The number of anilines is 1. The summed E-state index contributed by atoms with van der Waals surface area (Å²) in [6.45, 7) is 0.527. The third kappa shape index (κ3) is 2.92. The molecule has 1 fully saturated rings. The number of amides is 1. The number of halogens is 2. The van der Waals surface area contributed by atoms with Gasteiger partial charge in [-0.25, -0.2) is 4.39 Å². The van der Waals surface area contributed by atoms with Crippen LogP contribution in [-0.4, -0.2) is 12.5 Å². The zero-order chi connectivity index (χ0) is 15.7. The number of nitrogen functional groups attached to an aromatic ring is 1. The molecule has 0 atom stereocenters. The van der Waals surface area contributed by atoms with E-state index in [1.807, 2.05) is 24.3 Å². The summed E-state index contributed by atoms with van der Waals surface area (Å²) in [5, 5.41) is 3.58. The molecular formula is C17H16ClFN2O. The Hall–Kier alpha value is -2.07. The second kappa shape index (κ2) is 5.61. The minimum Gasteiger partial charge on any atom is -0.396 e. The molecular weight excluding hydrogens is 303 g/mol. The van der Waals surface area contributed by atoms with Crippen molar-refractivity contribution in [1.29, 1.82) is 0 Å². The highest BCUT2D eigenvalue weighted by Crippen LogP contribution is 2.47. The molecule has 3 nitrogen and oxygen atoms in total. The summed E-state index contributed by atoms with van der Waals surface area (Å²) in [7, 11) is 0. The topological polar surface area (TPSA) is 55.1 Å². The largest absolute Gasteiger partial charge is 0.396 e. The van der Waals surface area contributed by atoms with Crippen molar-refractivity contribution >= 4 is 23.2 Å². The SMILES string of the molecule is Nc1ccc(C(=O)NCC2(c3ccc(Cl)cc3)CC2)cc1F. The summed E-state index contributed by atoms with van der Waals surface area (Å²) in [4.78, 5) is 12.1. The van der Waals surface area contributed by atoms with Crippen molar-refractivity contribution in [3.05, 3.63) is 64.4 Å². The van der Waals surface area contributed by atoms with E-state index in [0.717, 1.165) is 18.9 Å². The van der Waals surface area contributed by atoms with Crippen LogP contribution in [0.1, 0.15) is 28.8 Å². The fourth-order valence-electron chi connectivity index (χ4n) is 2.54. The standard InChI is InChI=1S/C17H16ClFN2O/c18-13-4-2-12(3-5-13)17(7-8-17)10-21-16(22)11-1-6-15(20)14(19)9-11/h1-6,9H,7-8,10,20H2,(H,21,22). The molecule has 2 aromatic carbocycles. The third-order valence-electron chi connectivity index (χ3n) is 4.16. The van der Waals surface area contributed by atoms with Gasteiger partial charge in [0.1, 0.15) is 5.82 Å². The van der Waals surface area contributed by atoms with E-state index in [0.29, 0.717) is 11.6 Å². The van der Waals surface area contributed by atoms with E-state index in [1.54, 1.807) is 0 Å². The van der Waals surface area contributed by atoms with Crippen LogP contribution in [0.5, 0.6) is 0 Å². The van der Waals surface area contributed by atoms with E-state index in [4.69, 9.17) is 17.3 Å². The Morgan fingerprint density at radius 2 is 1.91 bits per heavy atom. The average Bonchev–Trinajstić information content (AvgIpc) is 3.29. The number of carbonyl (C=O) groups is 1. The molecule has 0 spiro atoms. The Kier molecular flexibility index (Phi) is 3.79. The Bertz CT molecular complexity index is 711. The van der Waals surface area contributed by atoms with Crippen LogP contribution in [-0.2, 0) is 5.41 Å². The lowest BCUT2D eigenvalue weighted by Gasteiger charge is -2.17. The molecule has 0 radical (unpaired) electrons. The Balaban J connectivity index is 1.68. The van der Waals surface area contributed by atoms with Gasteiger partial charge in [-0.15, -0.1) is 0 Å². The first-order valence-electron chi connectivity index (χ1n) is 7.09. The highest BCUT2D eigenvalue weighted by atomic mass is 35.5. The first-order valence-corrected chi connectivity index (χ1v) is 7.47. The van der Waals surface area contributed by atoms with Crippen LogP contribution in [0, 0.1) is 5.82 Å². The molecule has 2 aromatic rings. The van der Waals surface area contributed by atoms with E-state index in [9.17, 15) is 9.18 Å². The number of benzene rings is 2. The van der Waals surface area contributed by atoms with Gasteiger partial charge in [-0.05, 0) is 48.7 Å². The lowest BCUT2D eigenvalue weighted by Crippen LogP contribution is -2.32. The molecule has 1 amide bonds. The van der Waals surface area contributed by atoms with E-state index < -0.39 is 5.82 Å². The lowest BCUT2D eigenvalue weighted by atomic mass is 9.96. The van der Waals surface area contributed by atoms with Crippen LogP contribution in [0.2, 0.25) is 5.02 Å².